The highest BCUT2D eigenvalue weighted by molar-refractivity contribution is 7.98. The molecule has 1 saturated carbocycles. The Morgan fingerprint density at radius 3 is 2.92 bits per heavy atom. The maximum Gasteiger partial charge on any atom is 0.0692 e. The van der Waals surface area contributed by atoms with Gasteiger partial charge in [0.1, 0.15) is 0 Å². The Kier molecular flexibility index (Phi) is 5.04. The molecule has 1 aliphatic carbocycles. The van der Waals surface area contributed by atoms with Crippen LogP contribution in [0.4, 0.5) is 0 Å². The van der Waals surface area contributed by atoms with Crippen LogP contribution in [-0.2, 0) is 0 Å². The zero-order chi connectivity index (χ0) is 8.81. The van der Waals surface area contributed by atoms with E-state index in [1.807, 2.05) is 11.8 Å². The predicted molar refractivity (Wildman–Crippen MR) is 54.6 cm³/mol. The van der Waals surface area contributed by atoms with Crippen LogP contribution in [0.15, 0.2) is 0 Å². The Balaban J connectivity index is 1.81. The molecule has 1 atom stereocenters. The van der Waals surface area contributed by atoms with Crippen molar-refractivity contribution in [2.24, 2.45) is 5.92 Å². The third-order valence-corrected chi connectivity index (χ3v) is 2.92. The fourth-order valence-corrected chi connectivity index (χ4v) is 1.67. The van der Waals surface area contributed by atoms with E-state index in [9.17, 15) is 5.11 Å². The van der Waals surface area contributed by atoms with E-state index in [4.69, 9.17) is 0 Å². The van der Waals surface area contributed by atoms with Crippen LogP contribution in [0.1, 0.15) is 19.3 Å². The largest absolute Gasteiger partial charge is 0.392 e. The third-order valence-electron chi connectivity index (χ3n) is 2.22. The van der Waals surface area contributed by atoms with E-state index in [2.05, 4.69) is 11.6 Å². The first-order chi connectivity index (χ1) is 5.84. The molecule has 0 heterocycles. The van der Waals surface area contributed by atoms with Crippen LogP contribution in [0.5, 0.6) is 0 Å². The molecule has 0 spiro atoms. The summed E-state index contributed by atoms with van der Waals surface area (Å²) >= 11 is 1.88. The van der Waals surface area contributed by atoms with Crippen molar-refractivity contribution in [2.75, 3.05) is 25.1 Å². The Labute approximate surface area is 79.1 Å². The smallest absolute Gasteiger partial charge is 0.0692 e. The highest BCUT2D eigenvalue weighted by Gasteiger charge is 2.28. The lowest BCUT2D eigenvalue weighted by Crippen LogP contribution is -2.29. The van der Waals surface area contributed by atoms with Gasteiger partial charge in [-0.3, -0.25) is 0 Å². The highest BCUT2D eigenvalue weighted by atomic mass is 32.2. The van der Waals surface area contributed by atoms with Crippen molar-refractivity contribution in [1.82, 2.24) is 5.32 Å². The molecule has 0 saturated heterocycles. The maximum atomic E-state index is 9.48. The number of aliphatic hydroxyl groups is 1. The number of aliphatic hydroxyl groups excluding tert-OH is 1. The second-order valence-corrected chi connectivity index (χ2v) is 4.44. The van der Waals surface area contributed by atoms with Crippen LogP contribution in [0.3, 0.4) is 0 Å². The van der Waals surface area contributed by atoms with E-state index in [0.717, 1.165) is 13.1 Å². The molecule has 0 bridgehead atoms. The lowest BCUT2D eigenvalue weighted by molar-refractivity contribution is 0.149. The summed E-state index contributed by atoms with van der Waals surface area (Å²) in [6.07, 6.45) is 5.71. The summed E-state index contributed by atoms with van der Waals surface area (Å²) in [7, 11) is 0. The molecular weight excluding hydrogens is 170 g/mol. The molecule has 3 heteroatoms. The lowest BCUT2D eigenvalue weighted by atomic mass is 10.2. The molecule has 12 heavy (non-hydrogen) atoms. The molecule has 2 nitrogen and oxygen atoms in total. The average Bonchev–Trinajstić information content (AvgIpc) is 2.86. The quantitative estimate of drug-likeness (QED) is 0.588. The molecule has 1 aliphatic rings. The molecule has 72 valence electrons. The Hall–Kier alpha value is 0.270. The van der Waals surface area contributed by atoms with Gasteiger partial charge >= 0.3 is 0 Å². The average molecular weight is 189 g/mol. The summed E-state index contributed by atoms with van der Waals surface area (Å²) in [5, 5.41) is 12.8. The molecule has 0 aliphatic heterocycles. The molecule has 0 aromatic carbocycles. The van der Waals surface area contributed by atoms with Gasteiger partial charge in [0.25, 0.3) is 0 Å². The first kappa shape index (κ1) is 10.4. The van der Waals surface area contributed by atoms with Crippen LogP contribution >= 0.6 is 11.8 Å². The summed E-state index contributed by atoms with van der Waals surface area (Å²) in [6, 6.07) is 0. The van der Waals surface area contributed by atoms with Crippen molar-refractivity contribution in [1.29, 1.82) is 0 Å². The zero-order valence-electron chi connectivity index (χ0n) is 7.75. The summed E-state index contributed by atoms with van der Waals surface area (Å²) in [4.78, 5) is 0. The molecule has 0 amide bonds. The van der Waals surface area contributed by atoms with Crippen molar-refractivity contribution in [3.63, 3.8) is 0 Å². The standard InChI is InChI=1S/C9H19NOS/c1-12-6-2-5-10-7-9(11)8-3-4-8/h8-11H,2-7H2,1H3. The van der Waals surface area contributed by atoms with Crippen LogP contribution in [0, 0.1) is 5.92 Å². The van der Waals surface area contributed by atoms with E-state index in [0.29, 0.717) is 5.92 Å². The van der Waals surface area contributed by atoms with Gasteiger partial charge < -0.3 is 10.4 Å². The van der Waals surface area contributed by atoms with Gasteiger partial charge in [-0.25, -0.2) is 0 Å². The second kappa shape index (κ2) is 5.84. The molecule has 0 radical (unpaired) electrons. The number of hydrogen-bond donors (Lipinski definition) is 2. The maximum absolute atomic E-state index is 9.48. The van der Waals surface area contributed by atoms with E-state index in [-0.39, 0.29) is 6.10 Å². The number of nitrogens with one attached hydrogen (secondary N) is 1. The summed E-state index contributed by atoms with van der Waals surface area (Å²) < 4.78 is 0. The normalized spacial score (nSPS) is 19.5. The van der Waals surface area contributed by atoms with E-state index < -0.39 is 0 Å². The molecular formula is C9H19NOS. The fourth-order valence-electron chi connectivity index (χ4n) is 1.24. The molecule has 1 rings (SSSR count). The molecule has 2 N–H and O–H groups in total. The fraction of sp³-hybridized carbons (Fsp3) is 1.00. The Morgan fingerprint density at radius 1 is 1.58 bits per heavy atom. The topological polar surface area (TPSA) is 32.3 Å². The minimum absolute atomic E-state index is 0.0840. The van der Waals surface area contributed by atoms with Crippen LogP contribution < -0.4 is 5.32 Å². The van der Waals surface area contributed by atoms with Crippen molar-refractivity contribution in [3.8, 4) is 0 Å². The van der Waals surface area contributed by atoms with Gasteiger partial charge in [0.05, 0.1) is 6.10 Å². The summed E-state index contributed by atoms with van der Waals surface area (Å²) in [5.74, 6) is 1.82. The lowest BCUT2D eigenvalue weighted by Gasteiger charge is -2.09. The van der Waals surface area contributed by atoms with Gasteiger partial charge in [0.15, 0.2) is 0 Å². The van der Waals surface area contributed by atoms with Gasteiger partial charge in [-0.1, -0.05) is 0 Å². The van der Waals surface area contributed by atoms with E-state index >= 15 is 0 Å². The van der Waals surface area contributed by atoms with Gasteiger partial charge in [-0.05, 0) is 43.7 Å². The SMILES string of the molecule is CSCCCNCC(O)C1CC1. The van der Waals surface area contributed by atoms with Crippen LogP contribution in [0.25, 0.3) is 0 Å². The van der Waals surface area contributed by atoms with Crippen LogP contribution in [0.2, 0.25) is 0 Å². The Bertz CT molecular complexity index is 117. The first-order valence-electron chi connectivity index (χ1n) is 4.72. The highest BCUT2D eigenvalue weighted by Crippen LogP contribution is 2.32. The van der Waals surface area contributed by atoms with Crippen molar-refractivity contribution in [3.05, 3.63) is 0 Å². The summed E-state index contributed by atoms with van der Waals surface area (Å²) in [6.45, 7) is 1.84. The van der Waals surface area contributed by atoms with Crippen molar-refractivity contribution < 1.29 is 5.11 Å². The second-order valence-electron chi connectivity index (χ2n) is 3.46. The van der Waals surface area contributed by atoms with Gasteiger partial charge in [-0.15, -0.1) is 0 Å². The minimum Gasteiger partial charge on any atom is -0.392 e. The minimum atomic E-state index is -0.0840. The molecule has 1 unspecified atom stereocenters. The first-order valence-corrected chi connectivity index (χ1v) is 6.11. The number of thioether (sulfide) groups is 1. The van der Waals surface area contributed by atoms with Crippen molar-refractivity contribution in [2.45, 2.75) is 25.4 Å². The summed E-state index contributed by atoms with van der Waals surface area (Å²) in [5.41, 5.74) is 0. The van der Waals surface area contributed by atoms with Gasteiger partial charge in [0, 0.05) is 6.54 Å². The predicted octanol–water partition coefficient (Wildman–Crippen LogP) is 1.10. The van der Waals surface area contributed by atoms with Crippen LogP contribution in [-0.4, -0.2) is 36.3 Å². The zero-order valence-corrected chi connectivity index (χ0v) is 8.57. The van der Waals surface area contributed by atoms with Gasteiger partial charge in [-0.2, -0.15) is 11.8 Å². The van der Waals surface area contributed by atoms with E-state index in [1.54, 1.807) is 0 Å². The molecule has 0 aromatic rings. The van der Waals surface area contributed by atoms with Crippen molar-refractivity contribution >= 4 is 11.8 Å². The molecule has 0 aromatic heterocycles. The third kappa shape index (κ3) is 4.33. The molecule has 1 fully saturated rings. The monoisotopic (exact) mass is 189 g/mol. The number of rotatable bonds is 7. The van der Waals surface area contributed by atoms with Gasteiger partial charge in [0.2, 0.25) is 0 Å². The van der Waals surface area contributed by atoms with E-state index in [1.165, 1.54) is 25.0 Å². The number of hydrogen-bond acceptors (Lipinski definition) is 3. The Morgan fingerprint density at radius 2 is 2.33 bits per heavy atom.